The lowest BCUT2D eigenvalue weighted by molar-refractivity contribution is 0.713. The van der Waals surface area contributed by atoms with Crippen molar-refractivity contribution in [3.05, 3.63) is 16.4 Å². The second-order valence-electron chi connectivity index (χ2n) is 3.73. The number of nitrogens with one attached hydrogen (secondary N) is 1. The number of rotatable bonds is 2. The van der Waals surface area contributed by atoms with Crippen molar-refractivity contribution < 1.29 is 0 Å². The molecule has 6 heteroatoms. The highest BCUT2D eigenvalue weighted by Crippen LogP contribution is 2.31. The fourth-order valence-electron chi connectivity index (χ4n) is 1.75. The average Bonchev–Trinajstić information content (AvgIpc) is 2.50. The first-order valence-corrected chi connectivity index (χ1v) is 5.82. The van der Waals surface area contributed by atoms with Gasteiger partial charge in [-0.25, -0.2) is 4.98 Å². The van der Waals surface area contributed by atoms with Gasteiger partial charge in [0.25, 0.3) is 5.56 Å². The Morgan fingerprint density at radius 1 is 1.53 bits per heavy atom. The molecule has 2 rings (SSSR count). The molecule has 5 N–H and O–H groups in total. The number of aromatic amines is 1. The zero-order valence-corrected chi connectivity index (χ0v) is 9.09. The van der Waals surface area contributed by atoms with E-state index in [2.05, 4.69) is 9.97 Å². The molecule has 5 nitrogen and oxygen atoms in total. The van der Waals surface area contributed by atoms with E-state index in [1.165, 1.54) is 17.8 Å². The van der Waals surface area contributed by atoms with Crippen LogP contribution in [0.5, 0.6) is 0 Å². The van der Waals surface area contributed by atoms with Crippen molar-refractivity contribution >= 4 is 17.6 Å². The van der Waals surface area contributed by atoms with Gasteiger partial charge in [0.2, 0.25) is 0 Å². The van der Waals surface area contributed by atoms with Gasteiger partial charge in [-0.05, 0) is 12.8 Å². The van der Waals surface area contributed by atoms with Gasteiger partial charge in [-0.2, -0.15) is 0 Å². The Balaban J connectivity index is 2.13. The number of thioether (sulfide) groups is 1. The molecular formula is C9H14N4OS. The molecule has 2 atom stereocenters. The third-order valence-electron chi connectivity index (χ3n) is 2.51. The highest BCUT2D eigenvalue weighted by atomic mass is 32.2. The minimum absolute atomic E-state index is 0.196. The van der Waals surface area contributed by atoms with E-state index in [9.17, 15) is 4.79 Å². The molecule has 1 heterocycles. The van der Waals surface area contributed by atoms with E-state index < -0.39 is 0 Å². The Morgan fingerprint density at radius 2 is 2.33 bits per heavy atom. The zero-order chi connectivity index (χ0) is 10.8. The van der Waals surface area contributed by atoms with E-state index in [1.807, 2.05) is 0 Å². The normalized spacial score (nSPS) is 25.7. The smallest absolute Gasteiger partial charge is 0.253 e. The summed E-state index contributed by atoms with van der Waals surface area (Å²) in [6.45, 7) is 0. The first kappa shape index (κ1) is 10.5. The Labute approximate surface area is 91.7 Å². The van der Waals surface area contributed by atoms with Gasteiger partial charge in [-0.15, -0.1) is 0 Å². The van der Waals surface area contributed by atoms with E-state index in [4.69, 9.17) is 11.5 Å². The van der Waals surface area contributed by atoms with Gasteiger partial charge in [0.15, 0.2) is 5.16 Å². The third-order valence-corrected chi connectivity index (χ3v) is 3.81. The van der Waals surface area contributed by atoms with Crippen LogP contribution in [0.25, 0.3) is 0 Å². The van der Waals surface area contributed by atoms with E-state index in [-0.39, 0.29) is 17.4 Å². The van der Waals surface area contributed by atoms with Crippen molar-refractivity contribution in [2.24, 2.45) is 5.73 Å². The molecule has 15 heavy (non-hydrogen) atoms. The Hall–Kier alpha value is -1.01. The van der Waals surface area contributed by atoms with Crippen molar-refractivity contribution in [1.82, 2.24) is 9.97 Å². The minimum atomic E-state index is -0.212. The second-order valence-corrected chi connectivity index (χ2v) is 4.95. The third kappa shape index (κ3) is 2.51. The quantitative estimate of drug-likeness (QED) is 0.631. The average molecular weight is 226 g/mol. The van der Waals surface area contributed by atoms with Crippen LogP contribution in [0.4, 0.5) is 5.82 Å². The molecule has 1 saturated carbocycles. The molecular weight excluding hydrogens is 212 g/mol. The van der Waals surface area contributed by atoms with Crippen LogP contribution >= 0.6 is 11.8 Å². The van der Waals surface area contributed by atoms with Crippen molar-refractivity contribution in [2.45, 2.75) is 35.7 Å². The predicted molar refractivity (Wildman–Crippen MR) is 60.7 cm³/mol. The summed E-state index contributed by atoms with van der Waals surface area (Å²) in [6.07, 6.45) is 3.26. The molecule has 2 unspecified atom stereocenters. The predicted octanol–water partition coefficient (Wildman–Crippen LogP) is 0.324. The molecule has 1 aromatic heterocycles. The molecule has 0 aromatic carbocycles. The van der Waals surface area contributed by atoms with Crippen LogP contribution in [0.15, 0.2) is 16.0 Å². The van der Waals surface area contributed by atoms with E-state index in [1.54, 1.807) is 0 Å². The molecule has 1 aromatic rings. The summed E-state index contributed by atoms with van der Waals surface area (Å²) in [5.41, 5.74) is 11.2. The van der Waals surface area contributed by atoms with Gasteiger partial charge in [-0.3, -0.25) is 4.79 Å². The van der Waals surface area contributed by atoms with Crippen molar-refractivity contribution in [1.29, 1.82) is 0 Å². The summed E-state index contributed by atoms with van der Waals surface area (Å²) >= 11 is 1.52. The Bertz CT molecular complexity index is 405. The van der Waals surface area contributed by atoms with Gasteiger partial charge < -0.3 is 16.5 Å². The second kappa shape index (κ2) is 4.24. The van der Waals surface area contributed by atoms with Crippen molar-refractivity contribution in [3.63, 3.8) is 0 Å². The molecule has 0 aliphatic heterocycles. The molecule has 0 saturated heterocycles. The number of nitrogens with zero attached hydrogens (tertiary/aromatic N) is 1. The van der Waals surface area contributed by atoms with Crippen LogP contribution in [-0.2, 0) is 0 Å². The molecule has 1 fully saturated rings. The summed E-state index contributed by atoms with van der Waals surface area (Å²) < 4.78 is 0. The van der Waals surface area contributed by atoms with Gasteiger partial charge in [-0.1, -0.05) is 18.2 Å². The molecule has 0 radical (unpaired) electrons. The summed E-state index contributed by atoms with van der Waals surface area (Å²) in [5.74, 6) is 0.257. The fraction of sp³-hybridized carbons (Fsp3) is 0.556. The topological polar surface area (TPSA) is 97.8 Å². The van der Waals surface area contributed by atoms with Gasteiger partial charge >= 0.3 is 0 Å². The molecule has 0 amide bonds. The van der Waals surface area contributed by atoms with E-state index in [0.717, 1.165) is 19.3 Å². The van der Waals surface area contributed by atoms with Crippen LogP contribution < -0.4 is 17.0 Å². The number of H-pyrrole nitrogens is 1. The number of aromatic nitrogens is 2. The number of hydrogen-bond acceptors (Lipinski definition) is 5. The Kier molecular flexibility index (Phi) is 2.97. The molecule has 82 valence electrons. The van der Waals surface area contributed by atoms with Crippen LogP contribution in [-0.4, -0.2) is 21.3 Å². The maximum absolute atomic E-state index is 11.1. The minimum Gasteiger partial charge on any atom is -0.383 e. The van der Waals surface area contributed by atoms with E-state index >= 15 is 0 Å². The lowest BCUT2D eigenvalue weighted by Crippen LogP contribution is -2.27. The highest BCUT2D eigenvalue weighted by Gasteiger charge is 2.25. The molecule has 0 spiro atoms. The lowest BCUT2D eigenvalue weighted by atomic mass is 10.3. The van der Waals surface area contributed by atoms with Crippen LogP contribution in [0, 0.1) is 0 Å². The summed E-state index contributed by atoms with van der Waals surface area (Å²) in [7, 11) is 0. The van der Waals surface area contributed by atoms with E-state index in [0.29, 0.717) is 10.4 Å². The van der Waals surface area contributed by atoms with Gasteiger partial charge in [0.05, 0.1) is 0 Å². The first-order chi connectivity index (χ1) is 7.15. The first-order valence-electron chi connectivity index (χ1n) is 4.94. The van der Waals surface area contributed by atoms with Crippen LogP contribution in [0.2, 0.25) is 0 Å². The SMILES string of the molecule is Nc1cc(=O)[nH]c(SC2CCCC2N)n1. The molecule has 0 bridgehead atoms. The maximum atomic E-state index is 11.1. The van der Waals surface area contributed by atoms with Crippen LogP contribution in [0.3, 0.4) is 0 Å². The Morgan fingerprint density at radius 3 is 2.93 bits per heavy atom. The van der Waals surface area contributed by atoms with Crippen molar-refractivity contribution in [3.8, 4) is 0 Å². The summed E-state index contributed by atoms with van der Waals surface area (Å²) in [5, 5.41) is 0.914. The standard InChI is InChI=1S/C9H14N4OS/c10-5-2-1-3-6(5)15-9-12-7(11)4-8(14)13-9/h4-6H,1-3,10H2,(H3,11,12,13,14). The van der Waals surface area contributed by atoms with Gasteiger partial charge in [0, 0.05) is 17.4 Å². The molecule has 1 aliphatic carbocycles. The number of hydrogen-bond donors (Lipinski definition) is 3. The lowest BCUT2D eigenvalue weighted by Gasteiger charge is -2.13. The summed E-state index contributed by atoms with van der Waals surface area (Å²) in [4.78, 5) is 17.9. The zero-order valence-electron chi connectivity index (χ0n) is 8.27. The summed E-state index contributed by atoms with van der Waals surface area (Å²) in [6, 6.07) is 1.47. The number of nitrogens with two attached hydrogens (primary N) is 2. The maximum Gasteiger partial charge on any atom is 0.253 e. The molecule has 1 aliphatic rings. The fourth-order valence-corrected chi connectivity index (χ4v) is 2.95. The monoisotopic (exact) mass is 226 g/mol. The number of nitrogen functional groups attached to an aromatic ring is 1. The number of anilines is 1. The highest BCUT2D eigenvalue weighted by molar-refractivity contribution is 7.99. The van der Waals surface area contributed by atoms with Crippen molar-refractivity contribution in [2.75, 3.05) is 5.73 Å². The largest absolute Gasteiger partial charge is 0.383 e. The van der Waals surface area contributed by atoms with Crippen LogP contribution in [0.1, 0.15) is 19.3 Å². The van der Waals surface area contributed by atoms with Gasteiger partial charge in [0.1, 0.15) is 5.82 Å².